The van der Waals surface area contributed by atoms with Gasteiger partial charge in [-0.1, -0.05) is 178 Å². The first-order valence-corrected chi connectivity index (χ1v) is 18.8. The summed E-state index contributed by atoms with van der Waals surface area (Å²) in [4.78, 5) is 2.41. The zero-order valence-electron chi connectivity index (χ0n) is 30.5. The van der Waals surface area contributed by atoms with Crippen molar-refractivity contribution >= 4 is 38.6 Å². The van der Waals surface area contributed by atoms with Crippen LogP contribution in [-0.2, 0) is 5.41 Å². The van der Waals surface area contributed by atoms with E-state index in [1.807, 2.05) is 0 Å². The molecule has 10 rings (SSSR count). The molecular formula is C53H39N. The molecule has 0 saturated heterocycles. The van der Waals surface area contributed by atoms with Gasteiger partial charge >= 0.3 is 0 Å². The Labute approximate surface area is 317 Å². The molecule has 0 spiro atoms. The number of hydrogen-bond donors (Lipinski definition) is 0. The first-order valence-electron chi connectivity index (χ1n) is 18.8. The predicted molar refractivity (Wildman–Crippen MR) is 230 cm³/mol. The smallest absolute Gasteiger partial charge is 0.0468 e. The van der Waals surface area contributed by atoms with E-state index in [4.69, 9.17) is 0 Å². The summed E-state index contributed by atoms with van der Waals surface area (Å²) in [5.74, 6) is 0. The molecule has 0 atom stereocenters. The molecule has 1 aliphatic rings. The van der Waals surface area contributed by atoms with E-state index in [2.05, 4.69) is 219 Å². The largest absolute Gasteiger partial charge is 0.310 e. The van der Waals surface area contributed by atoms with Crippen LogP contribution in [0, 0.1) is 0 Å². The van der Waals surface area contributed by atoms with Gasteiger partial charge in [-0.05, 0) is 114 Å². The quantitative estimate of drug-likeness (QED) is 0.168. The second kappa shape index (κ2) is 12.8. The molecule has 9 aromatic rings. The van der Waals surface area contributed by atoms with Gasteiger partial charge < -0.3 is 4.90 Å². The van der Waals surface area contributed by atoms with E-state index in [0.29, 0.717) is 0 Å². The number of rotatable bonds is 6. The van der Waals surface area contributed by atoms with Crippen molar-refractivity contribution in [3.63, 3.8) is 0 Å². The fourth-order valence-electron chi connectivity index (χ4n) is 8.67. The highest BCUT2D eigenvalue weighted by molar-refractivity contribution is 6.04. The molecule has 1 aliphatic carbocycles. The summed E-state index contributed by atoms with van der Waals surface area (Å²) in [7, 11) is 0. The van der Waals surface area contributed by atoms with Crippen molar-refractivity contribution in [1.82, 2.24) is 0 Å². The summed E-state index contributed by atoms with van der Waals surface area (Å²) in [5.41, 5.74) is 16.1. The van der Waals surface area contributed by atoms with Gasteiger partial charge in [-0.3, -0.25) is 0 Å². The summed E-state index contributed by atoms with van der Waals surface area (Å²) in [5, 5.41) is 4.99. The van der Waals surface area contributed by atoms with Crippen LogP contribution in [0.1, 0.15) is 25.0 Å². The van der Waals surface area contributed by atoms with Gasteiger partial charge in [-0.25, -0.2) is 0 Å². The minimum atomic E-state index is -0.0816. The lowest BCUT2D eigenvalue weighted by Gasteiger charge is -2.28. The van der Waals surface area contributed by atoms with E-state index in [-0.39, 0.29) is 5.41 Å². The fourth-order valence-corrected chi connectivity index (χ4v) is 8.67. The molecule has 0 unspecified atom stereocenters. The van der Waals surface area contributed by atoms with Crippen molar-refractivity contribution in [2.24, 2.45) is 0 Å². The van der Waals surface area contributed by atoms with Gasteiger partial charge in [-0.2, -0.15) is 0 Å². The minimum Gasteiger partial charge on any atom is -0.310 e. The molecule has 0 bridgehead atoms. The zero-order chi connectivity index (χ0) is 36.2. The van der Waals surface area contributed by atoms with E-state index >= 15 is 0 Å². The van der Waals surface area contributed by atoms with Crippen LogP contribution in [-0.4, -0.2) is 0 Å². The van der Waals surface area contributed by atoms with Crippen molar-refractivity contribution in [3.8, 4) is 44.5 Å². The average molecular weight is 690 g/mol. The highest BCUT2D eigenvalue weighted by Gasteiger charge is 2.35. The summed E-state index contributed by atoms with van der Waals surface area (Å²) < 4.78 is 0. The van der Waals surface area contributed by atoms with Crippen molar-refractivity contribution in [3.05, 3.63) is 211 Å². The van der Waals surface area contributed by atoms with Gasteiger partial charge in [0.05, 0.1) is 0 Å². The van der Waals surface area contributed by atoms with Gasteiger partial charge in [0.2, 0.25) is 0 Å². The van der Waals surface area contributed by atoms with Crippen LogP contribution < -0.4 is 4.90 Å². The van der Waals surface area contributed by atoms with E-state index in [1.54, 1.807) is 0 Å². The van der Waals surface area contributed by atoms with Crippen LogP contribution >= 0.6 is 0 Å². The summed E-state index contributed by atoms with van der Waals surface area (Å²) in [6, 6.07) is 73.4. The van der Waals surface area contributed by atoms with Crippen LogP contribution in [0.3, 0.4) is 0 Å². The maximum Gasteiger partial charge on any atom is 0.0468 e. The molecule has 0 N–H and O–H groups in total. The Morgan fingerprint density at radius 1 is 0.333 bits per heavy atom. The Kier molecular flexibility index (Phi) is 7.56. The maximum atomic E-state index is 2.41. The van der Waals surface area contributed by atoms with Crippen LogP contribution in [0.5, 0.6) is 0 Å². The third-order valence-electron chi connectivity index (χ3n) is 11.5. The van der Waals surface area contributed by atoms with E-state index in [9.17, 15) is 0 Å². The van der Waals surface area contributed by atoms with Gasteiger partial charge in [0.15, 0.2) is 0 Å². The molecule has 0 heterocycles. The highest BCUT2D eigenvalue weighted by atomic mass is 15.1. The summed E-state index contributed by atoms with van der Waals surface area (Å²) in [6.45, 7) is 4.70. The molecule has 0 aliphatic heterocycles. The third-order valence-corrected chi connectivity index (χ3v) is 11.5. The van der Waals surface area contributed by atoms with Crippen molar-refractivity contribution in [2.75, 3.05) is 4.90 Å². The number of hydrogen-bond acceptors (Lipinski definition) is 1. The molecule has 256 valence electrons. The molecule has 0 fully saturated rings. The van der Waals surface area contributed by atoms with Crippen molar-refractivity contribution in [1.29, 1.82) is 0 Å². The van der Waals surface area contributed by atoms with Crippen LogP contribution in [0.15, 0.2) is 200 Å². The highest BCUT2D eigenvalue weighted by Crippen LogP contribution is 2.51. The van der Waals surface area contributed by atoms with Crippen LogP contribution in [0.25, 0.3) is 66.1 Å². The topological polar surface area (TPSA) is 3.24 Å². The Balaban J connectivity index is 1.03. The lowest BCUT2D eigenvalue weighted by Crippen LogP contribution is -2.16. The molecule has 1 heteroatoms. The van der Waals surface area contributed by atoms with Crippen molar-refractivity contribution < 1.29 is 0 Å². The van der Waals surface area contributed by atoms with Gasteiger partial charge in [-0.15, -0.1) is 0 Å². The van der Waals surface area contributed by atoms with Crippen LogP contribution in [0.2, 0.25) is 0 Å². The predicted octanol–water partition coefficient (Wildman–Crippen LogP) is 14.8. The minimum absolute atomic E-state index is 0.0816. The number of anilines is 3. The Bertz CT molecular complexity index is 2830. The summed E-state index contributed by atoms with van der Waals surface area (Å²) >= 11 is 0. The third kappa shape index (κ3) is 5.32. The van der Waals surface area contributed by atoms with Crippen LogP contribution in [0.4, 0.5) is 17.1 Å². The van der Waals surface area contributed by atoms with E-state index in [0.717, 1.165) is 17.1 Å². The number of benzene rings is 9. The lowest BCUT2D eigenvalue weighted by atomic mass is 9.82. The molecule has 54 heavy (non-hydrogen) atoms. The second-order valence-corrected chi connectivity index (χ2v) is 15.0. The molecule has 1 nitrogen and oxygen atoms in total. The lowest BCUT2D eigenvalue weighted by molar-refractivity contribution is 0.660. The zero-order valence-corrected chi connectivity index (χ0v) is 30.5. The van der Waals surface area contributed by atoms with Gasteiger partial charge in [0.25, 0.3) is 0 Å². The SMILES string of the molecule is CC1(C)c2ccccc2-c2ccc(N(c3ccc(-c4ccc(-c5ccc6ccccc6c5-c5ccccc5)cc4)cc3)c3ccc4ccccc4c3)cc21. The normalized spacial score (nSPS) is 12.8. The Morgan fingerprint density at radius 2 is 0.870 bits per heavy atom. The Morgan fingerprint density at radius 3 is 1.67 bits per heavy atom. The van der Waals surface area contributed by atoms with Gasteiger partial charge in [0.1, 0.15) is 0 Å². The van der Waals surface area contributed by atoms with E-state index < -0.39 is 0 Å². The van der Waals surface area contributed by atoms with Gasteiger partial charge in [0, 0.05) is 22.5 Å². The van der Waals surface area contributed by atoms with Crippen molar-refractivity contribution in [2.45, 2.75) is 19.3 Å². The standard InChI is InChI=1S/C53H39N/c1-53(2)50-19-11-10-18-48(50)49-33-31-45(35-51(49)53)54(44-30-26-36-12-6-7-16-42(36)34-44)43-28-24-38(25-29-43)37-20-22-40(23-21-37)47-32-27-39-13-8-9-17-46(39)52(47)41-14-4-3-5-15-41/h3-35H,1-2H3. The molecule has 9 aromatic carbocycles. The maximum absolute atomic E-state index is 2.41. The van der Waals surface area contributed by atoms with E-state index in [1.165, 1.54) is 77.2 Å². The molecular weight excluding hydrogens is 651 g/mol. The monoisotopic (exact) mass is 689 g/mol. The Hall–Kier alpha value is -6.70. The summed E-state index contributed by atoms with van der Waals surface area (Å²) in [6.07, 6.45) is 0. The molecule has 0 saturated carbocycles. The number of nitrogens with zero attached hydrogens (tertiary/aromatic N) is 1. The first-order chi connectivity index (χ1) is 26.5. The average Bonchev–Trinajstić information content (AvgIpc) is 3.46. The number of fused-ring (bicyclic) bond motifs is 5. The molecule has 0 amide bonds. The fraction of sp³-hybridized carbons (Fsp3) is 0.0566. The molecule has 0 radical (unpaired) electrons. The second-order valence-electron chi connectivity index (χ2n) is 15.0. The molecule has 0 aromatic heterocycles. The first kappa shape index (κ1) is 32.0.